The first kappa shape index (κ1) is 10.7. The van der Waals surface area contributed by atoms with Gasteiger partial charge in [0.1, 0.15) is 0 Å². The number of hydrogen-bond donors (Lipinski definition) is 1. The Bertz CT molecular complexity index is 240. The second-order valence-corrected chi connectivity index (χ2v) is 5.03. The summed E-state index contributed by atoms with van der Waals surface area (Å²) < 4.78 is 0. The highest BCUT2D eigenvalue weighted by atomic mass is 16.2. The minimum atomic E-state index is 0.0838. The summed E-state index contributed by atoms with van der Waals surface area (Å²) >= 11 is 0. The average molecular weight is 211 g/mol. The van der Waals surface area contributed by atoms with Crippen molar-refractivity contribution in [3.8, 4) is 0 Å². The molecule has 2 saturated heterocycles. The normalized spacial score (nSPS) is 31.1. The fourth-order valence-electron chi connectivity index (χ4n) is 2.77. The molecule has 0 aromatic rings. The molecular weight excluding hydrogens is 190 g/mol. The molecule has 0 aromatic carbocycles. The van der Waals surface area contributed by atoms with Crippen molar-refractivity contribution in [2.45, 2.75) is 19.9 Å². The van der Waals surface area contributed by atoms with E-state index >= 15 is 0 Å². The quantitative estimate of drug-likeness (QED) is 0.689. The van der Waals surface area contributed by atoms with Crippen LogP contribution in [-0.2, 0) is 0 Å². The van der Waals surface area contributed by atoms with Crippen molar-refractivity contribution in [2.75, 3.05) is 33.2 Å². The van der Waals surface area contributed by atoms with Crippen LogP contribution in [0, 0.1) is 11.8 Å². The van der Waals surface area contributed by atoms with Gasteiger partial charge in [0, 0.05) is 39.3 Å². The SMILES string of the molecule is CNC(=O)N1CC2CN(C(C)C)CC2C1. The summed E-state index contributed by atoms with van der Waals surface area (Å²) in [7, 11) is 1.71. The summed E-state index contributed by atoms with van der Waals surface area (Å²) in [5.41, 5.74) is 0. The Morgan fingerprint density at radius 1 is 1.20 bits per heavy atom. The molecule has 4 heteroatoms. The number of likely N-dealkylation sites (tertiary alicyclic amines) is 2. The molecule has 2 unspecified atom stereocenters. The van der Waals surface area contributed by atoms with E-state index in [1.54, 1.807) is 7.05 Å². The van der Waals surface area contributed by atoms with E-state index in [4.69, 9.17) is 0 Å². The summed E-state index contributed by atoms with van der Waals surface area (Å²) in [5, 5.41) is 2.70. The number of carbonyl (C=O) groups is 1. The van der Waals surface area contributed by atoms with Crippen molar-refractivity contribution in [1.29, 1.82) is 0 Å². The van der Waals surface area contributed by atoms with Crippen LogP contribution in [0.1, 0.15) is 13.8 Å². The standard InChI is InChI=1S/C11H21N3O/c1-8(2)13-4-9-6-14(11(15)12-3)7-10(9)5-13/h8-10H,4-7H2,1-3H3,(H,12,15). The first-order chi connectivity index (χ1) is 7.11. The van der Waals surface area contributed by atoms with Gasteiger partial charge >= 0.3 is 6.03 Å². The molecule has 0 bridgehead atoms. The van der Waals surface area contributed by atoms with E-state index in [1.807, 2.05) is 4.90 Å². The highest BCUT2D eigenvalue weighted by molar-refractivity contribution is 5.74. The van der Waals surface area contributed by atoms with Gasteiger partial charge in [-0.15, -0.1) is 0 Å². The van der Waals surface area contributed by atoms with E-state index in [2.05, 4.69) is 24.1 Å². The van der Waals surface area contributed by atoms with Crippen molar-refractivity contribution in [1.82, 2.24) is 15.1 Å². The van der Waals surface area contributed by atoms with E-state index in [0.717, 1.165) is 26.2 Å². The van der Waals surface area contributed by atoms with Crippen LogP contribution in [0.3, 0.4) is 0 Å². The van der Waals surface area contributed by atoms with Crippen LogP contribution in [0.5, 0.6) is 0 Å². The van der Waals surface area contributed by atoms with Gasteiger partial charge in [-0.3, -0.25) is 0 Å². The number of amides is 2. The van der Waals surface area contributed by atoms with Gasteiger partial charge in [0.05, 0.1) is 0 Å². The van der Waals surface area contributed by atoms with Crippen LogP contribution in [0.15, 0.2) is 0 Å². The maximum atomic E-state index is 11.5. The molecule has 1 N–H and O–H groups in total. The van der Waals surface area contributed by atoms with Gasteiger partial charge in [-0.1, -0.05) is 0 Å². The zero-order valence-electron chi connectivity index (χ0n) is 9.86. The van der Waals surface area contributed by atoms with Gasteiger partial charge < -0.3 is 15.1 Å². The number of urea groups is 1. The Morgan fingerprint density at radius 2 is 1.73 bits per heavy atom. The molecule has 2 amide bonds. The van der Waals surface area contributed by atoms with Crippen LogP contribution in [0.4, 0.5) is 4.79 Å². The summed E-state index contributed by atoms with van der Waals surface area (Å²) in [6.07, 6.45) is 0. The van der Waals surface area contributed by atoms with Gasteiger partial charge in [0.25, 0.3) is 0 Å². The molecule has 15 heavy (non-hydrogen) atoms. The molecule has 2 atom stereocenters. The molecule has 2 heterocycles. The average Bonchev–Trinajstić information content (AvgIpc) is 2.72. The van der Waals surface area contributed by atoms with E-state index in [-0.39, 0.29) is 6.03 Å². The molecular formula is C11H21N3O. The van der Waals surface area contributed by atoms with Crippen LogP contribution >= 0.6 is 0 Å². The molecule has 2 rings (SSSR count). The van der Waals surface area contributed by atoms with Gasteiger partial charge in [-0.2, -0.15) is 0 Å². The van der Waals surface area contributed by atoms with Crippen molar-refractivity contribution in [2.24, 2.45) is 11.8 Å². The fourth-order valence-corrected chi connectivity index (χ4v) is 2.77. The lowest BCUT2D eigenvalue weighted by Gasteiger charge is -2.23. The Morgan fingerprint density at radius 3 is 2.13 bits per heavy atom. The number of nitrogens with zero attached hydrogens (tertiary/aromatic N) is 2. The summed E-state index contributed by atoms with van der Waals surface area (Å²) in [5.74, 6) is 1.40. The third-order valence-electron chi connectivity index (χ3n) is 3.75. The van der Waals surface area contributed by atoms with Crippen LogP contribution in [0.25, 0.3) is 0 Å². The van der Waals surface area contributed by atoms with Crippen LogP contribution in [-0.4, -0.2) is 55.1 Å². The number of fused-ring (bicyclic) bond motifs is 1. The zero-order chi connectivity index (χ0) is 11.0. The fraction of sp³-hybridized carbons (Fsp3) is 0.909. The molecule has 0 aromatic heterocycles. The highest BCUT2D eigenvalue weighted by Crippen LogP contribution is 2.31. The summed E-state index contributed by atoms with van der Waals surface area (Å²) in [4.78, 5) is 15.9. The third-order valence-corrected chi connectivity index (χ3v) is 3.75. The van der Waals surface area contributed by atoms with E-state index in [9.17, 15) is 4.79 Å². The number of nitrogens with one attached hydrogen (secondary N) is 1. The predicted molar refractivity (Wildman–Crippen MR) is 59.7 cm³/mol. The number of hydrogen-bond acceptors (Lipinski definition) is 2. The van der Waals surface area contributed by atoms with Crippen LogP contribution < -0.4 is 5.32 Å². The largest absolute Gasteiger partial charge is 0.341 e. The monoisotopic (exact) mass is 211 g/mol. The smallest absolute Gasteiger partial charge is 0.317 e. The lowest BCUT2D eigenvalue weighted by molar-refractivity contribution is 0.196. The molecule has 0 saturated carbocycles. The van der Waals surface area contributed by atoms with Crippen LogP contribution in [0.2, 0.25) is 0 Å². The van der Waals surface area contributed by atoms with Crippen molar-refractivity contribution in [3.63, 3.8) is 0 Å². The lowest BCUT2D eigenvalue weighted by Crippen LogP contribution is -2.39. The van der Waals surface area contributed by atoms with E-state index < -0.39 is 0 Å². The number of rotatable bonds is 1. The Kier molecular flexibility index (Phi) is 2.87. The molecule has 0 spiro atoms. The Labute approximate surface area is 91.6 Å². The summed E-state index contributed by atoms with van der Waals surface area (Å²) in [6, 6.07) is 0.726. The van der Waals surface area contributed by atoms with E-state index in [1.165, 1.54) is 0 Å². The third kappa shape index (κ3) is 1.95. The molecule has 0 radical (unpaired) electrons. The molecule has 2 aliphatic heterocycles. The maximum absolute atomic E-state index is 11.5. The van der Waals surface area contributed by atoms with Gasteiger partial charge in [-0.05, 0) is 25.7 Å². The molecule has 2 fully saturated rings. The molecule has 0 aliphatic carbocycles. The topological polar surface area (TPSA) is 35.6 Å². The Hall–Kier alpha value is -0.770. The first-order valence-electron chi connectivity index (χ1n) is 5.82. The minimum absolute atomic E-state index is 0.0838. The number of carbonyl (C=O) groups excluding carboxylic acids is 1. The van der Waals surface area contributed by atoms with Crippen molar-refractivity contribution in [3.05, 3.63) is 0 Å². The van der Waals surface area contributed by atoms with Crippen molar-refractivity contribution < 1.29 is 4.79 Å². The Balaban J connectivity index is 1.90. The second-order valence-electron chi connectivity index (χ2n) is 5.03. The molecule has 2 aliphatic rings. The molecule has 86 valence electrons. The first-order valence-corrected chi connectivity index (χ1v) is 5.82. The molecule has 4 nitrogen and oxygen atoms in total. The highest BCUT2D eigenvalue weighted by Gasteiger charge is 2.41. The van der Waals surface area contributed by atoms with E-state index in [0.29, 0.717) is 17.9 Å². The van der Waals surface area contributed by atoms with Gasteiger partial charge in [0.15, 0.2) is 0 Å². The van der Waals surface area contributed by atoms with Gasteiger partial charge in [-0.25, -0.2) is 4.79 Å². The zero-order valence-corrected chi connectivity index (χ0v) is 9.86. The second kappa shape index (κ2) is 4.00. The minimum Gasteiger partial charge on any atom is -0.341 e. The predicted octanol–water partition coefficient (Wildman–Crippen LogP) is 0.598. The van der Waals surface area contributed by atoms with Gasteiger partial charge in [0.2, 0.25) is 0 Å². The lowest BCUT2D eigenvalue weighted by atomic mass is 10.0. The van der Waals surface area contributed by atoms with Crippen molar-refractivity contribution >= 4 is 6.03 Å². The maximum Gasteiger partial charge on any atom is 0.317 e. The summed E-state index contributed by atoms with van der Waals surface area (Å²) in [6.45, 7) is 8.70.